The van der Waals surface area contributed by atoms with Gasteiger partial charge in [0, 0.05) is 23.2 Å². The highest BCUT2D eigenvalue weighted by Gasteiger charge is 2.21. The number of aryl methyl sites for hydroxylation is 1. The number of aromatic nitrogens is 1. The van der Waals surface area contributed by atoms with Gasteiger partial charge in [0.1, 0.15) is 5.60 Å². The van der Waals surface area contributed by atoms with Crippen molar-refractivity contribution in [2.24, 2.45) is 5.92 Å². The van der Waals surface area contributed by atoms with Crippen LogP contribution in [-0.2, 0) is 17.7 Å². The lowest BCUT2D eigenvalue weighted by atomic mass is 9.90. The Labute approximate surface area is 190 Å². The second-order valence-electron chi connectivity index (χ2n) is 9.58. The molecule has 0 aliphatic rings. The Balaban J connectivity index is 2.22. The first-order chi connectivity index (χ1) is 15.1. The zero-order valence-corrected chi connectivity index (χ0v) is 19.7. The molecule has 3 aromatic rings. The molecule has 1 N–H and O–H groups in total. The van der Waals surface area contributed by atoms with Crippen LogP contribution < -0.4 is 5.32 Å². The Morgan fingerprint density at radius 3 is 2.44 bits per heavy atom. The van der Waals surface area contributed by atoms with Gasteiger partial charge in [-0.05, 0) is 69.4 Å². The molecule has 0 atom stereocenters. The summed E-state index contributed by atoms with van der Waals surface area (Å²) in [6.45, 7) is 12.2. The van der Waals surface area contributed by atoms with Crippen molar-refractivity contribution < 1.29 is 9.53 Å². The fraction of sp³-hybridized carbons (Fsp3) is 0.370. The minimum absolute atomic E-state index is 0.292. The standard InChI is InChI=1S/C27H31N3O2/c1-17(2)13-24-22(16-29-26(31)32-27(4,5)6)25(20-10-7-18(3)8-11-20)21-14-19(15-28)9-12-23(21)30-24/h7-12,14,17H,13,16H2,1-6H3,(H,29,31). The summed E-state index contributed by atoms with van der Waals surface area (Å²) in [6, 6.07) is 16.1. The van der Waals surface area contributed by atoms with Crippen molar-refractivity contribution in [3.05, 3.63) is 64.8 Å². The van der Waals surface area contributed by atoms with Crippen LogP contribution in [0.4, 0.5) is 4.79 Å². The van der Waals surface area contributed by atoms with Crippen molar-refractivity contribution in [3.8, 4) is 17.2 Å². The first-order valence-corrected chi connectivity index (χ1v) is 11.0. The number of rotatable bonds is 5. The van der Waals surface area contributed by atoms with Crippen LogP contribution in [0.5, 0.6) is 0 Å². The molecule has 5 nitrogen and oxygen atoms in total. The number of hydrogen-bond donors (Lipinski definition) is 1. The van der Waals surface area contributed by atoms with Gasteiger partial charge in [-0.15, -0.1) is 0 Å². The largest absolute Gasteiger partial charge is 0.444 e. The third-order valence-electron chi connectivity index (χ3n) is 5.05. The van der Waals surface area contributed by atoms with E-state index in [-0.39, 0.29) is 0 Å². The van der Waals surface area contributed by atoms with E-state index < -0.39 is 11.7 Å². The molecule has 1 amide bonds. The summed E-state index contributed by atoms with van der Waals surface area (Å²) in [5, 5.41) is 13.3. The molecule has 32 heavy (non-hydrogen) atoms. The Bertz CT molecular complexity index is 1170. The summed E-state index contributed by atoms with van der Waals surface area (Å²) in [5.41, 5.74) is 5.95. The molecule has 1 heterocycles. The molecular formula is C27H31N3O2. The van der Waals surface area contributed by atoms with E-state index in [0.29, 0.717) is 18.0 Å². The van der Waals surface area contributed by atoms with Crippen molar-refractivity contribution in [2.75, 3.05) is 0 Å². The average Bonchev–Trinajstić information content (AvgIpc) is 2.70. The third-order valence-corrected chi connectivity index (χ3v) is 5.05. The lowest BCUT2D eigenvalue weighted by Crippen LogP contribution is -2.32. The molecule has 1 aromatic heterocycles. The lowest BCUT2D eigenvalue weighted by Gasteiger charge is -2.22. The molecule has 0 radical (unpaired) electrons. The smallest absolute Gasteiger partial charge is 0.407 e. The van der Waals surface area contributed by atoms with Gasteiger partial charge in [0.05, 0.1) is 17.1 Å². The number of carbonyl (C=O) groups excluding carboxylic acids is 1. The van der Waals surface area contributed by atoms with Crippen molar-refractivity contribution in [1.29, 1.82) is 5.26 Å². The highest BCUT2D eigenvalue weighted by molar-refractivity contribution is 5.97. The topological polar surface area (TPSA) is 75.0 Å². The molecule has 166 valence electrons. The molecule has 0 aliphatic carbocycles. The maximum absolute atomic E-state index is 12.4. The van der Waals surface area contributed by atoms with Crippen LogP contribution in [0, 0.1) is 24.2 Å². The van der Waals surface area contributed by atoms with E-state index >= 15 is 0 Å². The van der Waals surface area contributed by atoms with Gasteiger partial charge in [-0.3, -0.25) is 4.98 Å². The summed E-state index contributed by atoms with van der Waals surface area (Å²) in [7, 11) is 0. The molecular weight excluding hydrogens is 398 g/mol. The summed E-state index contributed by atoms with van der Waals surface area (Å²) in [5.74, 6) is 0.393. The van der Waals surface area contributed by atoms with Crippen LogP contribution in [0.1, 0.15) is 57.0 Å². The monoisotopic (exact) mass is 429 g/mol. The third kappa shape index (κ3) is 5.64. The molecule has 0 saturated heterocycles. The van der Waals surface area contributed by atoms with Gasteiger partial charge in [0.2, 0.25) is 0 Å². The molecule has 5 heteroatoms. The minimum Gasteiger partial charge on any atom is -0.444 e. The SMILES string of the molecule is Cc1ccc(-c2c(CNC(=O)OC(C)(C)C)c(CC(C)C)nc3ccc(C#N)cc23)cc1. The molecule has 2 aromatic carbocycles. The number of nitrogens with one attached hydrogen (secondary N) is 1. The molecule has 0 fully saturated rings. The Morgan fingerprint density at radius 1 is 1.16 bits per heavy atom. The Kier molecular flexibility index (Phi) is 6.84. The Morgan fingerprint density at radius 2 is 1.84 bits per heavy atom. The number of benzene rings is 2. The molecule has 3 rings (SSSR count). The van der Waals surface area contributed by atoms with Gasteiger partial charge in [-0.1, -0.05) is 43.7 Å². The van der Waals surface area contributed by atoms with Crippen molar-refractivity contribution in [1.82, 2.24) is 10.3 Å². The van der Waals surface area contributed by atoms with Crippen molar-refractivity contribution >= 4 is 17.0 Å². The fourth-order valence-electron chi connectivity index (χ4n) is 3.69. The van der Waals surface area contributed by atoms with Gasteiger partial charge in [0.15, 0.2) is 0 Å². The number of pyridine rings is 1. The summed E-state index contributed by atoms with van der Waals surface area (Å²) < 4.78 is 5.45. The van der Waals surface area contributed by atoms with Crippen LogP contribution in [0.3, 0.4) is 0 Å². The number of nitriles is 1. The molecule has 0 spiro atoms. The normalized spacial score (nSPS) is 11.4. The second-order valence-corrected chi connectivity index (χ2v) is 9.58. The number of ether oxygens (including phenoxy) is 1. The van der Waals surface area contributed by atoms with Crippen LogP contribution in [0.2, 0.25) is 0 Å². The number of alkyl carbamates (subject to hydrolysis) is 1. The van der Waals surface area contributed by atoms with E-state index in [0.717, 1.165) is 39.7 Å². The van der Waals surface area contributed by atoms with E-state index in [1.54, 1.807) is 6.07 Å². The maximum atomic E-state index is 12.4. The maximum Gasteiger partial charge on any atom is 0.407 e. The minimum atomic E-state index is -0.575. The summed E-state index contributed by atoms with van der Waals surface area (Å²) in [6.07, 6.45) is 0.314. The first-order valence-electron chi connectivity index (χ1n) is 11.0. The van der Waals surface area contributed by atoms with Gasteiger partial charge >= 0.3 is 6.09 Å². The van der Waals surface area contributed by atoms with E-state index in [4.69, 9.17) is 9.72 Å². The van der Waals surface area contributed by atoms with Crippen LogP contribution in [0.15, 0.2) is 42.5 Å². The summed E-state index contributed by atoms with van der Waals surface area (Å²) >= 11 is 0. The van der Waals surface area contributed by atoms with Gasteiger partial charge in [-0.2, -0.15) is 5.26 Å². The summed E-state index contributed by atoms with van der Waals surface area (Å²) in [4.78, 5) is 17.4. The van der Waals surface area contributed by atoms with Crippen LogP contribution >= 0.6 is 0 Å². The highest BCUT2D eigenvalue weighted by atomic mass is 16.6. The molecule has 0 unspecified atom stereocenters. The highest BCUT2D eigenvalue weighted by Crippen LogP contribution is 2.35. The number of nitrogens with zero attached hydrogens (tertiary/aromatic N) is 2. The van der Waals surface area contributed by atoms with Gasteiger partial charge in [0.25, 0.3) is 0 Å². The van der Waals surface area contributed by atoms with E-state index in [1.165, 1.54) is 5.56 Å². The average molecular weight is 430 g/mol. The molecule has 0 aliphatic heterocycles. The zero-order chi connectivity index (χ0) is 23.5. The fourth-order valence-corrected chi connectivity index (χ4v) is 3.69. The Hall–Kier alpha value is -3.39. The first kappa shape index (κ1) is 23.3. The zero-order valence-electron chi connectivity index (χ0n) is 19.7. The van der Waals surface area contributed by atoms with E-state index in [1.807, 2.05) is 32.9 Å². The van der Waals surface area contributed by atoms with Crippen LogP contribution in [0.25, 0.3) is 22.0 Å². The van der Waals surface area contributed by atoms with E-state index in [2.05, 4.69) is 56.4 Å². The van der Waals surface area contributed by atoms with Gasteiger partial charge < -0.3 is 10.1 Å². The number of amides is 1. The second kappa shape index (κ2) is 9.40. The van der Waals surface area contributed by atoms with Gasteiger partial charge in [-0.25, -0.2) is 4.79 Å². The number of hydrogen-bond acceptors (Lipinski definition) is 4. The predicted molar refractivity (Wildman–Crippen MR) is 128 cm³/mol. The molecule has 0 saturated carbocycles. The van der Waals surface area contributed by atoms with E-state index in [9.17, 15) is 10.1 Å². The van der Waals surface area contributed by atoms with Crippen molar-refractivity contribution in [3.63, 3.8) is 0 Å². The van der Waals surface area contributed by atoms with Crippen LogP contribution in [-0.4, -0.2) is 16.7 Å². The quantitative estimate of drug-likeness (QED) is 0.516. The molecule has 0 bridgehead atoms. The number of carbonyl (C=O) groups is 1. The van der Waals surface area contributed by atoms with Crippen molar-refractivity contribution in [2.45, 2.75) is 60.1 Å². The lowest BCUT2D eigenvalue weighted by molar-refractivity contribution is 0.0523. The number of fused-ring (bicyclic) bond motifs is 1. The predicted octanol–water partition coefficient (Wildman–Crippen LogP) is 6.31.